The van der Waals surface area contributed by atoms with Gasteiger partial charge < -0.3 is 5.11 Å². The first-order chi connectivity index (χ1) is 14.6. The van der Waals surface area contributed by atoms with Crippen molar-refractivity contribution in [1.29, 1.82) is 0 Å². The largest absolute Gasteiger partial charge is 0.478 e. The molecule has 3 aromatic rings. The SMILES string of the molecule is O=C(O)c1ccccc1N=N[C@@H]1C(=O)N(c2ccccc2)C(=S)N1c1ccccc1. The average Bonchev–Trinajstić information content (AvgIpc) is 3.03. The van der Waals surface area contributed by atoms with Gasteiger partial charge in [-0.1, -0.05) is 48.5 Å². The third-order valence-electron chi connectivity index (χ3n) is 4.54. The molecule has 1 saturated heterocycles. The molecule has 1 heterocycles. The maximum atomic E-state index is 13.3. The van der Waals surface area contributed by atoms with Crippen LogP contribution in [0.1, 0.15) is 10.4 Å². The number of carbonyl (C=O) groups excluding carboxylic acids is 1. The molecule has 0 aliphatic carbocycles. The van der Waals surface area contributed by atoms with Crippen LogP contribution in [0, 0.1) is 0 Å². The van der Waals surface area contributed by atoms with Gasteiger partial charge in [0.1, 0.15) is 0 Å². The van der Waals surface area contributed by atoms with E-state index >= 15 is 0 Å². The molecule has 0 unspecified atom stereocenters. The Morgan fingerprint density at radius 3 is 2.07 bits per heavy atom. The van der Waals surface area contributed by atoms with E-state index < -0.39 is 12.1 Å². The fourth-order valence-corrected chi connectivity index (χ4v) is 3.55. The highest BCUT2D eigenvalue weighted by atomic mass is 32.1. The quantitative estimate of drug-likeness (QED) is 0.484. The summed E-state index contributed by atoms with van der Waals surface area (Å²) in [7, 11) is 0. The van der Waals surface area contributed by atoms with Gasteiger partial charge in [-0.15, -0.1) is 0 Å². The number of carbonyl (C=O) groups is 2. The number of benzene rings is 3. The van der Waals surface area contributed by atoms with E-state index in [2.05, 4.69) is 10.2 Å². The molecule has 1 aliphatic rings. The smallest absolute Gasteiger partial charge is 0.337 e. The zero-order valence-corrected chi connectivity index (χ0v) is 16.4. The number of carboxylic acid groups (broad SMARTS) is 1. The highest BCUT2D eigenvalue weighted by Crippen LogP contribution is 2.31. The van der Waals surface area contributed by atoms with Crippen molar-refractivity contribution in [3.8, 4) is 0 Å². The lowest BCUT2D eigenvalue weighted by Crippen LogP contribution is -2.33. The first-order valence-corrected chi connectivity index (χ1v) is 9.49. The molecule has 0 spiro atoms. The van der Waals surface area contributed by atoms with Crippen LogP contribution in [0.4, 0.5) is 17.1 Å². The lowest BCUT2D eigenvalue weighted by Gasteiger charge is -2.21. The van der Waals surface area contributed by atoms with Crippen LogP contribution in [0.5, 0.6) is 0 Å². The highest BCUT2D eigenvalue weighted by Gasteiger charge is 2.44. The third kappa shape index (κ3) is 3.56. The number of anilines is 2. The monoisotopic (exact) mass is 416 g/mol. The number of azo groups is 1. The van der Waals surface area contributed by atoms with Crippen molar-refractivity contribution in [2.24, 2.45) is 10.2 Å². The summed E-state index contributed by atoms with van der Waals surface area (Å²) in [4.78, 5) is 27.7. The minimum absolute atomic E-state index is 0.000416. The first kappa shape index (κ1) is 19.4. The van der Waals surface area contributed by atoms with E-state index in [-0.39, 0.29) is 22.3 Å². The summed E-state index contributed by atoms with van der Waals surface area (Å²) >= 11 is 5.61. The van der Waals surface area contributed by atoms with Crippen LogP contribution < -0.4 is 9.80 Å². The van der Waals surface area contributed by atoms with Crippen LogP contribution in [0.3, 0.4) is 0 Å². The Morgan fingerprint density at radius 2 is 1.43 bits per heavy atom. The molecule has 1 fully saturated rings. The van der Waals surface area contributed by atoms with E-state index in [4.69, 9.17) is 12.2 Å². The normalized spacial score (nSPS) is 16.5. The van der Waals surface area contributed by atoms with Crippen molar-refractivity contribution >= 4 is 46.3 Å². The second-order valence-corrected chi connectivity index (χ2v) is 6.77. The molecule has 1 N–H and O–H groups in total. The molecule has 30 heavy (non-hydrogen) atoms. The van der Waals surface area contributed by atoms with Gasteiger partial charge in [-0.2, -0.15) is 10.2 Å². The van der Waals surface area contributed by atoms with E-state index in [0.717, 1.165) is 0 Å². The van der Waals surface area contributed by atoms with Crippen LogP contribution in [-0.4, -0.2) is 28.3 Å². The summed E-state index contributed by atoms with van der Waals surface area (Å²) in [6.45, 7) is 0. The highest BCUT2D eigenvalue weighted by molar-refractivity contribution is 7.81. The van der Waals surface area contributed by atoms with Crippen molar-refractivity contribution in [3.05, 3.63) is 90.5 Å². The molecule has 7 nitrogen and oxygen atoms in total. The van der Waals surface area contributed by atoms with Crippen molar-refractivity contribution < 1.29 is 14.7 Å². The second kappa shape index (κ2) is 8.22. The van der Waals surface area contributed by atoms with E-state index in [1.807, 2.05) is 48.5 Å². The molecule has 8 heteroatoms. The summed E-state index contributed by atoms with van der Waals surface area (Å²) in [6, 6.07) is 24.5. The summed E-state index contributed by atoms with van der Waals surface area (Å²) in [5.41, 5.74) is 1.47. The molecule has 0 bridgehead atoms. The van der Waals surface area contributed by atoms with E-state index in [1.54, 1.807) is 29.2 Å². The maximum Gasteiger partial charge on any atom is 0.337 e. The number of nitrogens with zero attached hydrogens (tertiary/aromatic N) is 4. The van der Waals surface area contributed by atoms with E-state index in [9.17, 15) is 14.7 Å². The molecular weight excluding hydrogens is 400 g/mol. The molecule has 1 atom stereocenters. The van der Waals surface area contributed by atoms with Crippen LogP contribution in [0.25, 0.3) is 0 Å². The van der Waals surface area contributed by atoms with Gasteiger partial charge in [0.15, 0.2) is 5.11 Å². The topological polar surface area (TPSA) is 85.6 Å². The average molecular weight is 416 g/mol. The van der Waals surface area contributed by atoms with E-state index in [0.29, 0.717) is 11.4 Å². The lowest BCUT2D eigenvalue weighted by atomic mass is 10.2. The third-order valence-corrected chi connectivity index (χ3v) is 4.92. The molecule has 0 aromatic heterocycles. The van der Waals surface area contributed by atoms with Gasteiger partial charge in [0.05, 0.1) is 16.9 Å². The van der Waals surface area contributed by atoms with Crippen molar-refractivity contribution in [1.82, 2.24) is 0 Å². The number of aromatic carboxylic acids is 1. The molecule has 4 rings (SSSR count). The van der Waals surface area contributed by atoms with Gasteiger partial charge in [-0.05, 0) is 48.6 Å². The predicted molar refractivity (Wildman–Crippen MR) is 117 cm³/mol. The van der Waals surface area contributed by atoms with Gasteiger partial charge in [0.25, 0.3) is 5.91 Å². The second-order valence-electron chi connectivity index (χ2n) is 6.41. The zero-order chi connectivity index (χ0) is 21.1. The van der Waals surface area contributed by atoms with Crippen LogP contribution in [-0.2, 0) is 4.79 Å². The van der Waals surface area contributed by atoms with Crippen LogP contribution in [0.2, 0.25) is 0 Å². The standard InChI is InChI=1S/C22H16N4O3S/c27-20-19(24-23-18-14-8-7-13-17(18)21(28)29)25(15-9-3-1-4-10-15)22(30)26(20)16-11-5-2-6-12-16/h1-14,19H,(H,28,29)/t19-/m0/s1. The fourth-order valence-electron chi connectivity index (χ4n) is 3.15. The Hall–Kier alpha value is -3.91. The Morgan fingerprint density at radius 1 is 0.867 bits per heavy atom. The molecular formula is C22H16N4O3S. The first-order valence-electron chi connectivity index (χ1n) is 9.08. The van der Waals surface area contributed by atoms with Gasteiger partial charge in [0, 0.05) is 5.69 Å². The minimum Gasteiger partial charge on any atom is -0.478 e. The Labute approximate surface area is 177 Å². The van der Waals surface area contributed by atoms with Crippen LogP contribution in [0.15, 0.2) is 95.2 Å². The Balaban J connectivity index is 1.77. The maximum absolute atomic E-state index is 13.3. The van der Waals surface area contributed by atoms with Crippen molar-refractivity contribution in [3.63, 3.8) is 0 Å². The van der Waals surface area contributed by atoms with E-state index in [1.165, 1.54) is 17.0 Å². The van der Waals surface area contributed by atoms with Gasteiger partial charge in [-0.25, -0.2) is 4.79 Å². The van der Waals surface area contributed by atoms with Gasteiger partial charge in [0.2, 0.25) is 6.17 Å². The number of rotatable bonds is 5. The number of thiocarbonyl (C=S) groups is 1. The molecule has 1 amide bonds. The van der Waals surface area contributed by atoms with Gasteiger partial charge >= 0.3 is 5.97 Å². The Kier molecular flexibility index (Phi) is 5.32. The number of para-hydroxylation sites is 2. The van der Waals surface area contributed by atoms with Crippen LogP contribution >= 0.6 is 12.2 Å². The number of hydrogen-bond donors (Lipinski definition) is 1. The molecule has 3 aromatic carbocycles. The molecule has 0 radical (unpaired) electrons. The summed E-state index contributed by atoms with van der Waals surface area (Å²) in [5.74, 6) is -1.49. The van der Waals surface area contributed by atoms with Crippen molar-refractivity contribution in [2.75, 3.05) is 9.80 Å². The lowest BCUT2D eigenvalue weighted by molar-refractivity contribution is -0.117. The summed E-state index contributed by atoms with van der Waals surface area (Å²) < 4.78 is 0. The summed E-state index contributed by atoms with van der Waals surface area (Å²) in [5, 5.41) is 17.9. The number of carboxylic acids is 1. The number of amides is 1. The van der Waals surface area contributed by atoms with Gasteiger partial charge in [-0.3, -0.25) is 14.6 Å². The minimum atomic E-state index is -1.12. The predicted octanol–water partition coefficient (Wildman–Crippen LogP) is 4.63. The number of hydrogen-bond acceptors (Lipinski definition) is 5. The molecule has 0 saturated carbocycles. The zero-order valence-electron chi connectivity index (χ0n) is 15.6. The van der Waals surface area contributed by atoms with Crippen molar-refractivity contribution in [2.45, 2.75) is 6.17 Å². The molecule has 1 aliphatic heterocycles. The Bertz CT molecular complexity index is 1140. The fraction of sp³-hybridized carbons (Fsp3) is 0.0455. The summed E-state index contributed by atoms with van der Waals surface area (Å²) in [6.07, 6.45) is -1.05. The molecule has 148 valence electrons.